The first-order valence-electron chi connectivity index (χ1n) is 4.34. The van der Waals surface area contributed by atoms with Crippen molar-refractivity contribution >= 4 is 5.78 Å². The Kier molecular flexibility index (Phi) is 3.29. The van der Waals surface area contributed by atoms with Gasteiger partial charge in [-0.3, -0.25) is 4.79 Å². The van der Waals surface area contributed by atoms with E-state index >= 15 is 0 Å². The van der Waals surface area contributed by atoms with Crippen molar-refractivity contribution in [2.24, 2.45) is 0 Å². The molecule has 0 spiro atoms. The first-order valence-corrected chi connectivity index (χ1v) is 4.34. The van der Waals surface area contributed by atoms with Crippen molar-refractivity contribution in [3.05, 3.63) is 11.8 Å². The zero-order chi connectivity index (χ0) is 8.97. The fourth-order valence-corrected chi connectivity index (χ4v) is 1.18. The van der Waals surface area contributed by atoms with Gasteiger partial charge in [-0.25, -0.2) is 0 Å². The molecule has 0 saturated heterocycles. The van der Waals surface area contributed by atoms with Crippen LogP contribution in [0.3, 0.4) is 0 Å². The summed E-state index contributed by atoms with van der Waals surface area (Å²) in [6.45, 7) is 2.51. The fraction of sp³-hybridized carbons (Fsp3) is 0.667. The maximum Gasteiger partial charge on any atom is 0.157 e. The number of carbonyl (C=O) groups is 1. The van der Waals surface area contributed by atoms with Crippen LogP contribution in [0.4, 0.5) is 0 Å². The largest absolute Gasteiger partial charge is 0.393 e. The molecule has 0 heterocycles. The van der Waals surface area contributed by atoms with E-state index in [0.29, 0.717) is 6.42 Å². The monoisotopic (exact) mass is 169 g/mol. The van der Waals surface area contributed by atoms with Gasteiger partial charge in [-0.1, -0.05) is 0 Å². The normalized spacial score (nSPS) is 19.2. The van der Waals surface area contributed by atoms with Gasteiger partial charge in [-0.05, 0) is 19.8 Å². The third-order valence-corrected chi connectivity index (χ3v) is 1.89. The lowest BCUT2D eigenvalue weighted by molar-refractivity contribution is -0.114. The Hall–Kier alpha value is -0.830. The summed E-state index contributed by atoms with van der Waals surface area (Å²) in [5.41, 5.74) is 1.01. The van der Waals surface area contributed by atoms with E-state index in [1.807, 2.05) is 0 Å². The van der Waals surface area contributed by atoms with Crippen LogP contribution in [0.25, 0.3) is 0 Å². The minimum absolute atomic E-state index is 0.203. The molecule has 12 heavy (non-hydrogen) atoms. The second-order valence-electron chi connectivity index (χ2n) is 3.20. The van der Waals surface area contributed by atoms with Gasteiger partial charge in [-0.2, -0.15) is 0 Å². The van der Waals surface area contributed by atoms with Crippen molar-refractivity contribution in [3.63, 3.8) is 0 Å². The summed E-state index contributed by atoms with van der Waals surface area (Å²) in [5, 5.41) is 12.1. The first kappa shape index (κ1) is 9.26. The van der Waals surface area contributed by atoms with Crippen molar-refractivity contribution in [2.45, 2.75) is 32.3 Å². The third kappa shape index (κ3) is 3.05. The van der Waals surface area contributed by atoms with Crippen LogP contribution in [-0.4, -0.2) is 23.5 Å². The van der Waals surface area contributed by atoms with Crippen LogP contribution < -0.4 is 5.32 Å². The van der Waals surface area contributed by atoms with Gasteiger partial charge >= 0.3 is 0 Å². The molecule has 2 N–H and O–H groups in total. The van der Waals surface area contributed by atoms with Crippen molar-refractivity contribution < 1.29 is 9.90 Å². The van der Waals surface area contributed by atoms with Gasteiger partial charge < -0.3 is 10.4 Å². The summed E-state index contributed by atoms with van der Waals surface area (Å²) in [4.78, 5) is 10.8. The molecule has 68 valence electrons. The summed E-state index contributed by atoms with van der Waals surface area (Å²) < 4.78 is 0. The molecule has 3 heteroatoms. The lowest BCUT2D eigenvalue weighted by Crippen LogP contribution is -2.17. The molecule has 1 unspecified atom stereocenters. The van der Waals surface area contributed by atoms with Gasteiger partial charge in [0.25, 0.3) is 0 Å². The van der Waals surface area contributed by atoms with Gasteiger partial charge in [0.15, 0.2) is 5.78 Å². The van der Waals surface area contributed by atoms with Crippen LogP contribution in [-0.2, 0) is 4.79 Å². The van der Waals surface area contributed by atoms with E-state index in [-0.39, 0.29) is 11.9 Å². The Morgan fingerprint density at radius 2 is 2.42 bits per heavy atom. The topological polar surface area (TPSA) is 49.3 Å². The van der Waals surface area contributed by atoms with Gasteiger partial charge in [0.2, 0.25) is 0 Å². The number of nitrogens with one attached hydrogen (secondary N) is 1. The molecule has 0 aromatic carbocycles. The Morgan fingerprint density at radius 3 is 2.92 bits per heavy atom. The van der Waals surface area contributed by atoms with Crippen LogP contribution in [0, 0.1) is 0 Å². The highest BCUT2D eigenvalue weighted by Gasteiger charge is 2.10. The molecule has 1 atom stereocenters. The van der Waals surface area contributed by atoms with E-state index in [1.54, 1.807) is 13.0 Å². The summed E-state index contributed by atoms with van der Waals surface area (Å²) in [6, 6.07) is 0. The summed E-state index contributed by atoms with van der Waals surface area (Å²) in [6.07, 6.45) is 3.58. The van der Waals surface area contributed by atoms with Crippen LogP contribution >= 0.6 is 0 Å². The molecule has 1 aliphatic rings. The first-order chi connectivity index (χ1) is 5.68. The predicted molar refractivity (Wildman–Crippen MR) is 46.6 cm³/mol. The maximum atomic E-state index is 10.8. The molecule has 0 amide bonds. The minimum atomic E-state index is -0.268. The van der Waals surface area contributed by atoms with Crippen molar-refractivity contribution in [1.29, 1.82) is 0 Å². The van der Waals surface area contributed by atoms with Crippen molar-refractivity contribution in [2.75, 3.05) is 6.54 Å². The van der Waals surface area contributed by atoms with Crippen LogP contribution in [0.1, 0.15) is 26.2 Å². The second kappa shape index (κ2) is 4.26. The lowest BCUT2D eigenvalue weighted by atomic mass is 10.3. The van der Waals surface area contributed by atoms with E-state index in [9.17, 15) is 4.79 Å². The predicted octanol–water partition coefficient (Wildman–Crippen LogP) is 0.594. The molecule has 0 bridgehead atoms. The van der Waals surface area contributed by atoms with Crippen LogP contribution in [0.15, 0.2) is 11.8 Å². The molecule has 0 aromatic rings. The molecule has 0 aliphatic heterocycles. The molecule has 0 aromatic heterocycles. The quantitative estimate of drug-likeness (QED) is 0.647. The SMILES string of the molecule is CC(O)CCNC1=CC(=O)CC1. The minimum Gasteiger partial charge on any atom is -0.393 e. The number of carbonyl (C=O) groups excluding carboxylic acids is 1. The fourth-order valence-electron chi connectivity index (χ4n) is 1.18. The van der Waals surface area contributed by atoms with Gasteiger partial charge in [0, 0.05) is 24.7 Å². The van der Waals surface area contributed by atoms with E-state index in [4.69, 9.17) is 5.11 Å². The molecule has 0 fully saturated rings. The number of ketones is 1. The standard InChI is InChI=1S/C9H15NO2/c1-7(11)4-5-10-8-2-3-9(12)6-8/h6-7,10-11H,2-5H2,1H3. The summed E-state index contributed by atoms with van der Waals surface area (Å²) in [7, 11) is 0. The summed E-state index contributed by atoms with van der Waals surface area (Å²) >= 11 is 0. The van der Waals surface area contributed by atoms with E-state index < -0.39 is 0 Å². The number of hydrogen-bond acceptors (Lipinski definition) is 3. The number of hydrogen-bond donors (Lipinski definition) is 2. The van der Waals surface area contributed by atoms with Crippen LogP contribution in [0.2, 0.25) is 0 Å². The Balaban J connectivity index is 2.16. The molecule has 3 nitrogen and oxygen atoms in total. The highest BCUT2D eigenvalue weighted by molar-refractivity contribution is 5.92. The van der Waals surface area contributed by atoms with Crippen molar-refractivity contribution in [1.82, 2.24) is 5.32 Å². The number of rotatable bonds is 4. The third-order valence-electron chi connectivity index (χ3n) is 1.89. The Morgan fingerprint density at radius 1 is 1.67 bits per heavy atom. The second-order valence-corrected chi connectivity index (χ2v) is 3.20. The van der Waals surface area contributed by atoms with E-state index in [1.165, 1.54) is 0 Å². The van der Waals surface area contributed by atoms with Gasteiger partial charge in [-0.15, -0.1) is 0 Å². The highest BCUT2D eigenvalue weighted by Crippen LogP contribution is 2.11. The van der Waals surface area contributed by atoms with Crippen LogP contribution in [0.5, 0.6) is 0 Å². The average Bonchev–Trinajstić information content (AvgIpc) is 2.35. The number of aliphatic hydroxyl groups excluding tert-OH is 1. The molecule has 1 rings (SSSR count). The molecule has 0 saturated carbocycles. The molecular formula is C9H15NO2. The Bertz CT molecular complexity index is 197. The zero-order valence-electron chi connectivity index (χ0n) is 7.34. The average molecular weight is 169 g/mol. The Labute approximate surface area is 72.5 Å². The number of aliphatic hydroxyl groups is 1. The van der Waals surface area contributed by atoms with Crippen molar-refractivity contribution in [3.8, 4) is 0 Å². The van der Waals surface area contributed by atoms with E-state index in [2.05, 4.69) is 5.32 Å². The smallest absolute Gasteiger partial charge is 0.157 e. The summed E-state index contributed by atoms with van der Waals surface area (Å²) in [5.74, 6) is 0.203. The number of allylic oxidation sites excluding steroid dienone is 2. The highest BCUT2D eigenvalue weighted by atomic mass is 16.3. The van der Waals surface area contributed by atoms with Gasteiger partial charge in [0.05, 0.1) is 6.10 Å². The maximum absolute atomic E-state index is 10.8. The lowest BCUT2D eigenvalue weighted by Gasteiger charge is -2.07. The molecular weight excluding hydrogens is 154 g/mol. The molecule has 0 radical (unpaired) electrons. The zero-order valence-corrected chi connectivity index (χ0v) is 7.34. The molecule has 1 aliphatic carbocycles. The van der Waals surface area contributed by atoms with E-state index in [0.717, 1.165) is 25.1 Å². The van der Waals surface area contributed by atoms with Gasteiger partial charge in [0.1, 0.15) is 0 Å².